The summed E-state index contributed by atoms with van der Waals surface area (Å²) in [6.45, 7) is 2.33. The summed E-state index contributed by atoms with van der Waals surface area (Å²) in [5, 5.41) is 6.02. The Morgan fingerprint density at radius 3 is 2.50 bits per heavy atom. The molecular weight excluding hydrogens is 330 g/mol. The Hall–Kier alpha value is -3.48. The van der Waals surface area contributed by atoms with Crippen LogP contribution in [0.2, 0.25) is 0 Å². The summed E-state index contributed by atoms with van der Waals surface area (Å²) in [7, 11) is 1.59. The maximum atomic E-state index is 12.5. The molecule has 0 saturated heterocycles. The third kappa shape index (κ3) is 4.54. The Morgan fingerprint density at radius 2 is 1.81 bits per heavy atom. The third-order valence-electron chi connectivity index (χ3n) is 3.64. The average Bonchev–Trinajstić information content (AvgIpc) is 2.67. The van der Waals surface area contributed by atoms with E-state index in [1.165, 1.54) is 0 Å². The number of aryl methyl sites for hydroxylation is 1. The molecule has 7 heteroatoms. The van der Waals surface area contributed by atoms with Crippen LogP contribution in [0.1, 0.15) is 21.9 Å². The minimum Gasteiger partial charge on any atom is -0.497 e. The molecule has 3 aromatic rings. The Labute approximate surface area is 151 Å². The van der Waals surface area contributed by atoms with Gasteiger partial charge in [-0.1, -0.05) is 0 Å². The van der Waals surface area contributed by atoms with Gasteiger partial charge in [-0.15, -0.1) is 0 Å². The van der Waals surface area contributed by atoms with E-state index in [0.29, 0.717) is 29.6 Å². The molecule has 3 rings (SSSR count). The maximum absolute atomic E-state index is 12.5. The largest absolute Gasteiger partial charge is 0.497 e. The van der Waals surface area contributed by atoms with Crippen LogP contribution in [0.3, 0.4) is 0 Å². The quantitative estimate of drug-likeness (QED) is 0.711. The molecule has 0 aliphatic rings. The molecule has 1 amide bonds. The number of benzene rings is 1. The topological polar surface area (TPSA) is 89.0 Å². The maximum Gasteiger partial charge on any atom is 0.274 e. The van der Waals surface area contributed by atoms with Crippen molar-refractivity contribution in [2.45, 2.75) is 13.5 Å². The second-order valence-electron chi connectivity index (χ2n) is 5.58. The summed E-state index contributed by atoms with van der Waals surface area (Å²) in [5.74, 6) is 1.54. The molecule has 2 aromatic heterocycles. The fourth-order valence-electron chi connectivity index (χ4n) is 2.34. The summed E-state index contributed by atoms with van der Waals surface area (Å²) in [6.07, 6.45) is 3.46. The van der Waals surface area contributed by atoms with Crippen molar-refractivity contribution in [3.63, 3.8) is 0 Å². The first kappa shape index (κ1) is 17.3. The highest BCUT2D eigenvalue weighted by Gasteiger charge is 2.11. The molecule has 132 valence electrons. The molecular formula is C19H19N5O2. The van der Waals surface area contributed by atoms with Crippen LogP contribution in [0.4, 0.5) is 11.5 Å². The van der Waals surface area contributed by atoms with Crippen molar-refractivity contribution < 1.29 is 9.53 Å². The Morgan fingerprint density at radius 1 is 1.08 bits per heavy atom. The second-order valence-corrected chi connectivity index (χ2v) is 5.58. The molecule has 1 aromatic carbocycles. The zero-order valence-corrected chi connectivity index (χ0v) is 14.6. The summed E-state index contributed by atoms with van der Waals surface area (Å²) in [6, 6.07) is 12.6. The Bertz CT molecular complexity index is 882. The number of hydrogen-bond donors (Lipinski definition) is 2. The summed E-state index contributed by atoms with van der Waals surface area (Å²) >= 11 is 0. The first-order chi connectivity index (χ1) is 12.6. The number of nitrogens with one attached hydrogen (secondary N) is 2. The highest BCUT2D eigenvalue weighted by Crippen LogP contribution is 2.16. The van der Waals surface area contributed by atoms with Crippen LogP contribution in [0, 0.1) is 6.92 Å². The zero-order chi connectivity index (χ0) is 18.4. The van der Waals surface area contributed by atoms with Crippen LogP contribution in [-0.2, 0) is 6.54 Å². The fraction of sp³-hybridized carbons (Fsp3) is 0.158. The lowest BCUT2D eigenvalue weighted by molar-refractivity contribution is 0.102. The monoisotopic (exact) mass is 349 g/mol. The van der Waals surface area contributed by atoms with E-state index in [2.05, 4.69) is 25.6 Å². The SMILES string of the molecule is COc1ccc(NC(=O)c2cc(NCc3ccncc3)nc(C)n2)cc1. The molecule has 0 fully saturated rings. The van der Waals surface area contributed by atoms with Gasteiger partial charge >= 0.3 is 0 Å². The lowest BCUT2D eigenvalue weighted by atomic mass is 10.2. The van der Waals surface area contributed by atoms with Crippen molar-refractivity contribution in [3.05, 3.63) is 71.9 Å². The van der Waals surface area contributed by atoms with Gasteiger partial charge in [-0.25, -0.2) is 9.97 Å². The molecule has 26 heavy (non-hydrogen) atoms. The molecule has 0 radical (unpaired) electrons. The van der Waals surface area contributed by atoms with E-state index >= 15 is 0 Å². The van der Waals surface area contributed by atoms with Crippen molar-refractivity contribution in [2.75, 3.05) is 17.7 Å². The molecule has 0 bridgehead atoms. The van der Waals surface area contributed by atoms with Gasteiger partial charge in [0.1, 0.15) is 23.1 Å². The lowest BCUT2D eigenvalue weighted by Crippen LogP contribution is -2.15. The molecule has 0 aliphatic carbocycles. The number of aromatic nitrogens is 3. The van der Waals surface area contributed by atoms with Crippen LogP contribution in [0.25, 0.3) is 0 Å². The molecule has 2 N–H and O–H groups in total. The number of carbonyl (C=O) groups is 1. The van der Waals surface area contributed by atoms with Crippen molar-refractivity contribution in [1.29, 1.82) is 0 Å². The van der Waals surface area contributed by atoms with E-state index in [4.69, 9.17) is 4.74 Å². The Balaban J connectivity index is 1.70. The van der Waals surface area contributed by atoms with Gasteiger partial charge in [0.05, 0.1) is 7.11 Å². The minimum absolute atomic E-state index is 0.297. The molecule has 0 saturated carbocycles. The molecule has 0 spiro atoms. The third-order valence-corrected chi connectivity index (χ3v) is 3.64. The van der Waals surface area contributed by atoms with Crippen LogP contribution in [-0.4, -0.2) is 28.0 Å². The van der Waals surface area contributed by atoms with E-state index in [1.807, 2.05) is 12.1 Å². The van der Waals surface area contributed by atoms with E-state index in [-0.39, 0.29) is 5.91 Å². The van der Waals surface area contributed by atoms with Gasteiger partial charge in [-0.3, -0.25) is 9.78 Å². The smallest absolute Gasteiger partial charge is 0.274 e. The second kappa shape index (κ2) is 8.06. The van der Waals surface area contributed by atoms with E-state index in [9.17, 15) is 4.79 Å². The van der Waals surface area contributed by atoms with Crippen molar-refractivity contribution in [2.24, 2.45) is 0 Å². The number of amides is 1. The van der Waals surface area contributed by atoms with Crippen LogP contribution in [0.15, 0.2) is 54.9 Å². The number of methoxy groups -OCH3 is 1. The molecule has 2 heterocycles. The van der Waals surface area contributed by atoms with Gasteiger partial charge in [0.2, 0.25) is 0 Å². The van der Waals surface area contributed by atoms with Gasteiger partial charge in [0.25, 0.3) is 5.91 Å². The highest BCUT2D eigenvalue weighted by atomic mass is 16.5. The number of ether oxygens (including phenoxy) is 1. The van der Waals surface area contributed by atoms with Crippen molar-refractivity contribution in [3.8, 4) is 5.75 Å². The molecule has 7 nitrogen and oxygen atoms in total. The van der Waals surface area contributed by atoms with Gasteiger partial charge in [-0.05, 0) is 48.9 Å². The van der Waals surface area contributed by atoms with Crippen molar-refractivity contribution in [1.82, 2.24) is 15.0 Å². The highest BCUT2D eigenvalue weighted by molar-refractivity contribution is 6.03. The first-order valence-corrected chi connectivity index (χ1v) is 8.08. The molecule has 0 aliphatic heterocycles. The fourth-order valence-corrected chi connectivity index (χ4v) is 2.34. The summed E-state index contributed by atoms with van der Waals surface area (Å²) in [5.41, 5.74) is 2.03. The van der Waals surface area contributed by atoms with Gasteiger partial charge in [0.15, 0.2) is 0 Å². The first-order valence-electron chi connectivity index (χ1n) is 8.08. The number of hydrogen-bond acceptors (Lipinski definition) is 6. The lowest BCUT2D eigenvalue weighted by Gasteiger charge is -2.09. The van der Waals surface area contributed by atoms with Gasteiger partial charge < -0.3 is 15.4 Å². The normalized spacial score (nSPS) is 10.2. The zero-order valence-electron chi connectivity index (χ0n) is 14.6. The summed E-state index contributed by atoms with van der Waals surface area (Å²) in [4.78, 5) is 25.0. The number of pyridine rings is 1. The number of nitrogens with zero attached hydrogens (tertiary/aromatic N) is 3. The van der Waals surface area contributed by atoms with Crippen LogP contribution in [0.5, 0.6) is 5.75 Å². The molecule has 0 atom stereocenters. The summed E-state index contributed by atoms with van der Waals surface area (Å²) < 4.78 is 5.11. The minimum atomic E-state index is -0.298. The Kier molecular flexibility index (Phi) is 5.38. The van der Waals surface area contributed by atoms with Crippen LogP contribution >= 0.6 is 0 Å². The number of carbonyl (C=O) groups excluding carboxylic acids is 1. The van der Waals surface area contributed by atoms with E-state index in [1.54, 1.807) is 56.8 Å². The van der Waals surface area contributed by atoms with Crippen LogP contribution < -0.4 is 15.4 Å². The van der Waals surface area contributed by atoms with Gasteiger partial charge in [0, 0.05) is 30.7 Å². The van der Waals surface area contributed by atoms with E-state index < -0.39 is 0 Å². The standard InChI is InChI=1S/C19H19N5O2/c1-13-22-17(19(25)24-15-3-5-16(26-2)6-4-15)11-18(23-13)21-12-14-7-9-20-10-8-14/h3-11H,12H2,1-2H3,(H,24,25)(H,21,22,23). The van der Waals surface area contributed by atoms with Gasteiger partial charge in [-0.2, -0.15) is 0 Å². The number of rotatable bonds is 6. The van der Waals surface area contributed by atoms with E-state index in [0.717, 1.165) is 11.3 Å². The predicted octanol–water partition coefficient (Wildman–Crippen LogP) is 3.05. The van der Waals surface area contributed by atoms with Crippen molar-refractivity contribution >= 4 is 17.4 Å². The number of anilines is 2. The molecule has 0 unspecified atom stereocenters. The average molecular weight is 349 g/mol. The predicted molar refractivity (Wildman–Crippen MR) is 99.3 cm³/mol.